The lowest BCUT2D eigenvalue weighted by atomic mass is 10.0. The first-order valence-electron chi connectivity index (χ1n) is 7.18. The van der Waals surface area contributed by atoms with E-state index < -0.39 is 0 Å². The Kier molecular flexibility index (Phi) is 7.70. The zero-order valence-corrected chi connectivity index (χ0v) is 12.1. The van der Waals surface area contributed by atoms with Crippen LogP contribution in [-0.4, -0.2) is 25.7 Å². The van der Waals surface area contributed by atoms with Crippen molar-refractivity contribution < 1.29 is 0 Å². The summed E-state index contributed by atoms with van der Waals surface area (Å²) in [5.74, 6) is 0. The molecule has 0 bridgehead atoms. The van der Waals surface area contributed by atoms with Crippen molar-refractivity contribution in [1.29, 1.82) is 0 Å². The molecule has 0 heterocycles. The molecule has 2 N–H and O–H groups in total. The SMILES string of the molecule is Cc1ccccc1CCCNCCCNC(C)C. The van der Waals surface area contributed by atoms with Crippen LogP contribution >= 0.6 is 0 Å². The van der Waals surface area contributed by atoms with Gasteiger partial charge in [-0.3, -0.25) is 0 Å². The molecular weight excluding hydrogens is 220 g/mol. The second-order valence-corrected chi connectivity index (χ2v) is 5.24. The second-order valence-electron chi connectivity index (χ2n) is 5.24. The molecule has 2 heteroatoms. The van der Waals surface area contributed by atoms with Crippen LogP contribution in [-0.2, 0) is 6.42 Å². The highest BCUT2D eigenvalue weighted by Crippen LogP contribution is 2.08. The average Bonchev–Trinajstić information content (AvgIpc) is 2.34. The Balaban J connectivity index is 1.98. The summed E-state index contributed by atoms with van der Waals surface area (Å²) < 4.78 is 0. The van der Waals surface area contributed by atoms with Gasteiger partial charge in [0.1, 0.15) is 0 Å². The summed E-state index contributed by atoms with van der Waals surface area (Å²) in [6.07, 6.45) is 3.62. The summed E-state index contributed by atoms with van der Waals surface area (Å²) in [6.45, 7) is 9.93. The van der Waals surface area contributed by atoms with Gasteiger partial charge in [-0.25, -0.2) is 0 Å². The largest absolute Gasteiger partial charge is 0.317 e. The molecule has 1 aromatic carbocycles. The van der Waals surface area contributed by atoms with Crippen molar-refractivity contribution in [1.82, 2.24) is 10.6 Å². The molecule has 102 valence electrons. The molecule has 0 aliphatic heterocycles. The van der Waals surface area contributed by atoms with E-state index in [4.69, 9.17) is 0 Å². The minimum atomic E-state index is 0.603. The van der Waals surface area contributed by atoms with Gasteiger partial charge in [0.15, 0.2) is 0 Å². The third-order valence-electron chi connectivity index (χ3n) is 3.14. The van der Waals surface area contributed by atoms with Gasteiger partial charge in [-0.1, -0.05) is 38.1 Å². The Hall–Kier alpha value is -0.860. The summed E-state index contributed by atoms with van der Waals surface area (Å²) >= 11 is 0. The number of benzene rings is 1. The van der Waals surface area contributed by atoms with Crippen LogP contribution in [0.25, 0.3) is 0 Å². The Labute approximate surface area is 112 Å². The molecule has 18 heavy (non-hydrogen) atoms. The Morgan fingerprint density at radius 1 is 1.00 bits per heavy atom. The lowest BCUT2D eigenvalue weighted by Gasteiger charge is -2.09. The van der Waals surface area contributed by atoms with Crippen LogP contribution in [0.15, 0.2) is 24.3 Å². The third-order valence-corrected chi connectivity index (χ3v) is 3.14. The van der Waals surface area contributed by atoms with Gasteiger partial charge in [0.05, 0.1) is 0 Å². The molecule has 0 saturated carbocycles. The van der Waals surface area contributed by atoms with Crippen molar-refractivity contribution in [3.8, 4) is 0 Å². The number of rotatable bonds is 9. The van der Waals surface area contributed by atoms with E-state index in [9.17, 15) is 0 Å². The van der Waals surface area contributed by atoms with Crippen molar-refractivity contribution in [2.45, 2.75) is 46.1 Å². The van der Waals surface area contributed by atoms with E-state index in [1.54, 1.807) is 0 Å². The molecule has 0 unspecified atom stereocenters. The zero-order chi connectivity index (χ0) is 13.2. The van der Waals surface area contributed by atoms with Crippen molar-refractivity contribution >= 4 is 0 Å². The molecule has 0 saturated heterocycles. The molecule has 0 aliphatic carbocycles. The summed E-state index contributed by atoms with van der Waals surface area (Å²) in [5.41, 5.74) is 2.90. The van der Waals surface area contributed by atoms with Crippen LogP contribution in [0.1, 0.15) is 37.8 Å². The summed E-state index contributed by atoms with van der Waals surface area (Å²) in [5, 5.41) is 6.94. The van der Waals surface area contributed by atoms with Gasteiger partial charge < -0.3 is 10.6 Å². The van der Waals surface area contributed by atoms with Crippen LogP contribution in [0.4, 0.5) is 0 Å². The van der Waals surface area contributed by atoms with Gasteiger partial charge in [-0.05, 0) is 56.9 Å². The van der Waals surface area contributed by atoms with Gasteiger partial charge in [0.25, 0.3) is 0 Å². The number of hydrogen-bond acceptors (Lipinski definition) is 2. The highest BCUT2D eigenvalue weighted by atomic mass is 14.9. The number of nitrogens with one attached hydrogen (secondary N) is 2. The van der Waals surface area contributed by atoms with E-state index in [1.165, 1.54) is 30.4 Å². The summed E-state index contributed by atoms with van der Waals surface area (Å²) in [7, 11) is 0. The van der Waals surface area contributed by atoms with Gasteiger partial charge in [-0.15, -0.1) is 0 Å². The normalized spacial score (nSPS) is 11.1. The summed E-state index contributed by atoms with van der Waals surface area (Å²) in [6, 6.07) is 9.28. The highest BCUT2D eigenvalue weighted by Gasteiger charge is 1.96. The molecule has 1 aromatic rings. The standard InChI is InChI=1S/C16H28N2/c1-14(2)18-13-7-12-17-11-6-10-16-9-5-4-8-15(16)3/h4-5,8-9,14,17-18H,6-7,10-13H2,1-3H3. The predicted molar refractivity (Wildman–Crippen MR) is 80.1 cm³/mol. The van der Waals surface area contributed by atoms with E-state index in [0.29, 0.717) is 6.04 Å². The lowest BCUT2D eigenvalue weighted by molar-refractivity contribution is 0.544. The molecule has 0 fully saturated rings. The fourth-order valence-electron chi connectivity index (χ4n) is 2.02. The first kappa shape index (κ1) is 15.2. The fourth-order valence-corrected chi connectivity index (χ4v) is 2.02. The topological polar surface area (TPSA) is 24.1 Å². The molecule has 0 aliphatic rings. The van der Waals surface area contributed by atoms with Crippen molar-refractivity contribution in [3.05, 3.63) is 35.4 Å². The van der Waals surface area contributed by atoms with E-state index in [-0.39, 0.29) is 0 Å². The first-order chi connectivity index (χ1) is 8.70. The van der Waals surface area contributed by atoms with Gasteiger partial charge in [-0.2, -0.15) is 0 Å². The van der Waals surface area contributed by atoms with E-state index in [1.807, 2.05) is 0 Å². The highest BCUT2D eigenvalue weighted by molar-refractivity contribution is 5.25. The van der Waals surface area contributed by atoms with Gasteiger partial charge in [0, 0.05) is 6.04 Å². The quantitative estimate of drug-likeness (QED) is 0.657. The Morgan fingerprint density at radius 2 is 1.72 bits per heavy atom. The maximum atomic E-state index is 3.51. The minimum Gasteiger partial charge on any atom is -0.317 e. The maximum Gasteiger partial charge on any atom is 0.00103 e. The van der Waals surface area contributed by atoms with Crippen LogP contribution in [0.3, 0.4) is 0 Å². The number of hydrogen-bond donors (Lipinski definition) is 2. The Bertz CT molecular complexity index is 321. The van der Waals surface area contributed by atoms with Gasteiger partial charge >= 0.3 is 0 Å². The Morgan fingerprint density at radius 3 is 2.44 bits per heavy atom. The first-order valence-corrected chi connectivity index (χ1v) is 7.18. The molecule has 0 spiro atoms. The van der Waals surface area contributed by atoms with Crippen molar-refractivity contribution in [2.75, 3.05) is 19.6 Å². The smallest absolute Gasteiger partial charge is 0.00103 e. The molecule has 0 radical (unpaired) electrons. The molecule has 1 rings (SSSR count). The second kappa shape index (κ2) is 9.12. The summed E-state index contributed by atoms with van der Waals surface area (Å²) in [4.78, 5) is 0. The lowest BCUT2D eigenvalue weighted by Crippen LogP contribution is -2.27. The van der Waals surface area contributed by atoms with Crippen molar-refractivity contribution in [2.24, 2.45) is 0 Å². The van der Waals surface area contributed by atoms with Crippen LogP contribution < -0.4 is 10.6 Å². The van der Waals surface area contributed by atoms with E-state index in [2.05, 4.69) is 55.7 Å². The average molecular weight is 248 g/mol. The molecular formula is C16H28N2. The minimum absolute atomic E-state index is 0.603. The maximum absolute atomic E-state index is 3.51. The van der Waals surface area contributed by atoms with Crippen LogP contribution in [0, 0.1) is 6.92 Å². The van der Waals surface area contributed by atoms with Crippen LogP contribution in [0.5, 0.6) is 0 Å². The number of aryl methyl sites for hydroxylation is 2. The van der Waals surface area contributed by atoms with E-state index in [0.717, 1.165) is 19.6 Å². The molecule has 2 nitrogen and oxygen atoms in total. The van der Waals surface area contributed by atoms with Gasteiger partial charge in [0.2, 0.25) is 0 Å². The third kappa shape index (κ3) is 6.77. The molecule has 0 aromatic heterocycles. The molecule has 0 atom stereocenters. The zero-order valence-electron chi connectivity index (χ0n) is 12.1. The van der Waals surface area contributed by atoms with Crippen molar-refractivity contribution in [3.63, 3.8) is 0 Å². The monoisotopic (exact) mass is 248 g/mol. The fraction of sp³-hybridized carbons (Fsp3) is 0.625. The van der Waals surface area contributed by atoms with Crippen LogP contribution in [0.2, 0.25) is 0 Å². The predicted octanol–water partition coefficient (Wildman–Crippen LogP) is 2.91. The molecule has 0 amide bonds. The van der Waals surface area contributed by atoms with E-state index >= 15 is 0 Å².